The zero-order valence-corrected chi connectivity index (χ0v) is 7.82. The summed E-state index contributed by atoms with van der Waals surface area (Å²) < 4.78 is 4.84. The topological polar surface area (TPSA) is 83.8 Å². The number of allylic oxidation sites excluding steroid dienone is 1. The van der Waals surface area contributed by atoms with Gasteiger partial charge in [0.1, 0.15) is 0 Å². The minimum absolute atomic E-state index is 0.0863. The predicted octanol–water partition coefficient (Wildman–Crippen LogP) is 0.675. The molecule has 0 amide bonds. The number of carbonyl (C=O) groups is 2. The molecule has 0 atom stereocenters. The maximum atomic E-state index is 10.5. The van der Waals surface area contributed by atoms with Gasteiger partial charge in [-0.25, -0.2) is 9.59 Å². The third-order valence-electron chi connectivity index (χ3n) is 1.46. The maximum absolute atomic E-state index is 10.5. The molecule has 0 aliphatic heterocycles. The van der Waals surface area contributed by atoms with Crippen LogP contribution in [-0.2, 0) is 14.3 Å². The number of aliphatic carboxylic acids is 2. The van der Waals surface area contributed by atoms with Crippen molar-refractivity contribution in [2.24, 2.45) is 0 Å². The van der Waals surface area contributed by atoms with Crippen molar-refractivity contribution in [1.82, 2.24) is 0 Å². The van der Waals surface area contributed by atoms with E-state index in [4.69, 9.17) is 14.9 Å². The standard InChI is InChI=1S/C9H12O5/c1-3-7(9(12)13)5-14-4-6(2)8(10)11/h3H,2,4-5H2,1H3,(H,10,11)(H,12,13)/b7-3-. The van der Waals surface area contributed by atoms with E-state index in [0.717, 1.165) is 0 Å². The molecule has 0 saturated heterocycles. The molecular formula is C9H12O5. The van der Waals surface area contributed by atoms with Crippen molar-refractivity contribution in [2.45, 2.75) is 6.92 Å². The van der Waals surface area contributed by atoms with E-state index >= 15 is 0 Å². The summed E-state index contributed by atoms with van der Waals surface area (Å²) in [5, 5.41) is 17.0. The molecule has 2 N–H and O–H groups in total. The van der Waals surface area contributed by atoms with E-state index in [-0.39, 0.29) is 24.4 Å². The normalized spacial score (nSPS) is 11.1. The first kappa shape index (κ1) is 12.4. The fraction of sp³-hybridized carbons (Fsp3) is 0.333. The highest BCUT2D eigenvalue weighted by Gasteiger charge is 2.08. The van der Waals surface area contributed by atoms with Crippen LogP contribution in [0.15, 0.2) is 23.8 Å². The van der Waals surface area contributed by atoms with Crippen LogP contribution in [0.4, 0.5) is 0 Å². The van der Waals surface area contributed by atoms with E-state index in [1.165, 1.54) is 6.08 Å². The van der Waals surface area contributed by atoms with Crippen LogP contribution >= 0.6 is 0 Å². The molecule has 0 aliphatic carbocycles. The molecule has 0 aromatic carbocycles. The van der Waals surface area contributed by atoms with Crippen molar-refractivity contribution in [3.05, 3.63) is 23.8 Å². The summed E-state index contributed by atoms with van der Waals surface area (Å²) in [7, 11) is 0. The van der Waals surface area contributed by atoms with Crippen LogP contribution in [0.1, 0.15) is 6.92 Å². The van der Waals surface area contributed by atoms with Crippen LogP contribution in [0, 0.1) is 0 Å². The molecule has 14 heavy (non-hydrogen) atoms. The van der Waals surface area contributed by atoms with Crippen molar-refractivity contribution in [2.75, 3.05) is 13.2 Å². The quantitative estimate of drug-likeness (QED) is 0.616. The average molecular weight is 200 g/mol. The van der Waals surface area contributed by atoms with Crippen LogP contribution in [0.25, 0.3) is 0 Å². The molecule has 0 radical (unpaired) electrons. The average Bonchev–Trinajstić information content (AvgIpc) is 2.11. The molecule has 78 valence electrons. The molecule has 0 saturated carbocycles. The number of hydrogen-bond acceptors (Lipinski definition) is 3. The Morgan fingerprint density at radius 3 is 2.21 bits per heavy atom. The fourth-order valence-corrected chi connectivity index (χ4v) is 0.614. The van der Waals surface area contributed by atoms with Gasteiger partial charge >= 0.3 is 11.9 Å². The summed E-state index contributed by atoms with van der Waals surface area (Å²) in [4.78, 5) is 20.7. The van der Waals surface area contributed by atoms with Gasteiger partial charge in [-0.2, -0.15) is 0 Å². The highest BCUT2D eigenvalue weighted by Crippen LogP contribution is 1.98. The van der Waals surface area contributed by atoms with Gasteiger partial charge in [0.15, 0.2) is 0 Å². The predicted molar refractivity (Wildman–Crippen MR) is 49.0 cm³/mol. The van der Waals surface area contributed by atoms with Gasteiger partial charge in [-0.15, -0.1) is 0 Å². The summed E-state index contributed by atoms with van der Waals surface area (Å²) in [6, 6.07) is 0. The second-order valence-corrected chi connectivity index (χ2v) is 2.52. The van der Waals surface area contributed by atoms with E-state index in [1.807, 2.05) is 0 Å². The van der Waals surface area contributed by atoms with Gasteiger partial charge in [-0.3, -0.25) is 0 Å². The van der Waals surface area contributed by atoms with Crippen molar-refractivity contribution in [3.8, 4) is 0 Å². The molecule has 0 spiro atoms. The van der Waals surface area contributed by atoms with Crippen LogP contribution in [0.5, 0.6) is 0 Å². The van der Waals surface area contributed by atoms with Crippen molar-refractivity contribution >= 4 is 11.9 Å². The molecule has 0 bridgehead atoms. The summed E-state index contributed by atoms with van der Waals surface area (Å²) >= 11 is 0. The lowest BCUT2D eigenvalue weighted by Gasteiger charge is -2.03. The number of carboxylic acids is 2. The third-order valence-corrected chi connectivity index (χ3v) is 1.46. The Hall–Kier alpha value is -1.62. The Kier molecular flexibility index (Phi) is 5.24. The molecule has 0 aliphatic rings. The minimum atomic E-state index is -1.15. The van der Waals surface area contributed by atoms with Gasteiger partial charge in [0, 0.05) is 0 Å². The molecule has 5 heteroatoms. The van der Waals surface area contributed by atoms with E-state index in [2.05, 4.69) is 6.58 Å². The first-order valence-corrected chi connectivity index (χ1v) is 3.86. The lowest BCUT2D eigenvalue weighted by Crippen LogP contribution is -2.12. The lowest BCUT2D eigenvalue weighted by molar-refractivity contribution is -0.133. The molecule has 0 aromatic rings. The van der Waals surface area contributed by atoms with Gasteiger partial charge in [-0.05, 0) is 6.92 Å². The molecule has 0 rings (SSSR count). The number of ether oxygens (including phenoxy) is 1. The molecular weight excluding hydrogens is 188 g/mol. The SMILES string of the molecule is C=C(COC/C(=C/C)C(=O)O)C(=O)O. The van der Waals surface area contributed by atoms with Gasteiger partial charge in [0.25, 0.3) is 0 Å². The van der Waals surface area contributed by atoms with Crippen molar-refractivity contribution < 1.29 is 24.5 Å². The zero-order chi connectivity index (χ0) is 11.1. The first-order chi connectivity index (χ1) is 6.49. The Bertz CT molecular complexity index is 277. The van der Waals surface area contributed by atoms with Crippen molar-refractivity contribution in [3.63, 3.8) is 0 Å². The van der Waals surface area contributed by atoms with E-state index < -0.39 is 11.9 Å². The van der Waals surface area contributed by atoms with Crippen molar-refractivity contribution in [1.29, 1.82) is 0 Å². The smallest absolute Gasteiger partial charge is 0.333 e. The number of hydrogen-bond donors (Lipinski definition) is 2. The molecule has 0 unspecified atom stereocenters. The molecule has 0 heterocycles. The van der Waals surface area contributed by atoms with Crippen LogP contribution in [-0.4, -0.2) is 35.4 Å². The molecule has 0 fully saturated rings. The summed E-state index contributed by atoms with van der Waals surface area (Å²) in [6.07, 6.45) is 1.39. The first-order valence-electron chi connectivity index (χ1n) is 3.86. The maximum Gasteiger partial charge on any atom is 0.333 e. The lowest BCUT2D eigenvalue weighted by atomic mass is 10.3. The van der Waals surface area contributed by atoms with Crippen LogP contribution < -0.4 is 0 Å². The highest BCUT2D eigenvalue weighted by atomic mass is 16.5. The Balaban J connectivity index is 3.90. The van der Waals surface area contributed by atoms with E-state index in [0.29, 0.717) is 0 Å². The Labute approximate surface area is 81.3 Å². The number of carboxylic acid groups (broad SMARTS) is 2. The van der Waals surface area contributed by atoms with Gasteiger partial charge < -0.3 is 14.9 Å². The van der Waals surface area contributed by atoms with Gasteiger partial charge in [0.05, 0.1) is 24.4 Å². The van der Waals surface area contributed by atoms with E-state index in [1.54, 1.807) is 6.92 Å². The van der Waals surface area contributed by atoms with Gasteiger partial charge in [-0.1, -0.05) is 12.7 Å². The third kappa shape index (κ3) is 4.42. The zero-order valence-electron chi connectivity index (χ0n) is 7.82. The summed E-state index contributed by atoms with van der Waals surface area (Å²) in [6.45, 7) is 4.49. The largest absolute Gasteiger partial charge is 0.478 e. The molecule has 0 aromatic heterocycles. The summed E-state index contributed by atoms with van der Waals surface area (Å²) in [5.41, 5.74) is -0.0194. The second-order valence-electron chi connectivity index (χ2n) is 2.52. The van der Waals surface area contributed by atoms with Gasteiger partial charge in [0.2, 0.25) is 0 Å². The van der Waals surface area contributed by atoms with Crippen LogP contribution in [0.2, 0.25) is 0 Å². The highest BCUT2D eigenvalue weighted by molar-refractivity contribution is 5.87. The fourth-order valence-electron chi connectivity index (χ4n) is 0.614. The summed E-state index contributed by atoms with van der Waals surface area (Å²) in [5.74, 6) is -2.23. The monoisotopic (exact) mass is 200 g/mol. The Morgan fingerprint density at radius 1 is 1.29 bits per heavy atom. The van der Waals surface area contributed by atoms with Crippen LogP contribution in [0.3, 0.4) is 0 Å². The minimum Gasteiger partial charge on any atom is -0.478 e. The van der Waals surface area contributed by atoms with E-state index in [9.17, 15) is 9.59 Å². The molecule has 5 nitrogen and oxygen atoms in total. The Morgan fingerprint density at radius 2 is 1.86 bits per heavy atom. The number of rotatable bonds is 6. The second kappa shape index (κ2) is 5.93.